The molecule has 0 amide bonds. The van der Waals surface area contributed by atoms with Gasteiger partial charge in [-0.25, -0.2) is 0 Å². The number of nitrogens with zero attached hydrogens (tertiary/aromatic N) is 1. The molecule has 1 aliphatic heterocycles. The van der Waals surface area contributed by atoms with Crippen molar-refractivity contribution in [3.63, 3.8) is 0 Å². The zero-order chi connectivity index (χ0) is 12.8. The Balaban J connectivity index is 2.00. The number of methoxy groups -OCH3 is 1. The van der Waals surface area contributed by atoms with E-state index in [1.165, 1.54) is 0 Å². The summed E-state index contributed by atoms with van der Waals surface area (Å²) in [6, 6.07) is 7.54. The summed E-state index contributed by atoms with van der Waals surface area (Å²) in [6.45, 7) is 2.53. The summed E-state index contributed by atoms with van der Waals surface area (Å²) in [5.74, 6) is 0.780. The van der Waals surface area contributed by atoms with E-state index in [0.717, 1.165) is 37.2 Å². The van der Waals surface area contributed by atoms with E-state index in [4.69, 9.17) is 14.7 Å². The van der Waals surface area contributed by atoms with Gasteiger partial charge in [-0.15, -0.1) is 0 Å². The lowest BCUT2D eigenvalue weighted by Gasteiger charge is -2.23. The summed E-state index contributed by atoms with van der Waals surface area (Å²) in [4.78, 5) is 0. The number of ether oxygens (including phenoxy) is 2. The van der Waals surface area contributed by atoms with Gasteiger partial charge in [-0.1, -0.05) is 0 Å². The van der Waals surface area contributed by atoms with Crippen LogP contribution in [0.25, 0.3) is 0 Å². The molecule has 1 aromatic rings. The first-order valence-corrected chi connectivity index (χ1v) is 6.23. The van der Waals surface area contributed by atoms with Crippen molar-refractivity contribution in [3.8, 4) is 11.8 Å². The molecular weight excluding hydrogens is 228 g/mol. The van der Waals surface area contributed by atoms with Crippen LogP contribution in [0, 0.1) is 11.3 Å². The van der Waals surface area contributed by atoms with Crippen LogP contribution in [0.2, 0.25) is 0 Å². The van der Waals surface area contributed by atoms with Crippen molar-refractivity contribution in [1.29, 1.82) is 5.26 Å². The van der Waals surface area contributed by atoms with Crippen molar-refractivity contribution < 1.29 is 9.47 Å². The van der Waals surface area contributed by atoms with Gasteiger partial charge in [-0.3, -0.25) is 0 Å². The van der Waals surface area contributed by atoms with E-state index in [1.54, 1.807) is 13.2 Å². The molecule has 1 aliphatic rings. The largest absolute Gasteiger partial charge is 0.496 e. The second kappa shape index (κ2) is 6.39. The normalized spacial score (nSPS) is 16.2. The summed E-state index contributed by atoms with van der Waals surface area (Å²) in [5, 5.41) is 12.2. The van der Waals surface area contributed by atoms with E-state index in [0.29, 0.717) is 18.3 Å². The molecule has 1 fully saturated rings. The maximum Gasteiger partial charge on any atom is 0.124 e. The third-order valence-electron chi connectivity index (χ3n) is 3.17. The highest BCUT2D eigenvalue weighted by Crippen LogP contribution is 2.22. The van der Waals surface area contributed by atoms with Gasteiger partial charge >= 0.3 is 0 Å². The summed E-state index contributed by atoms with van der Waals surface area (Å²) in [6.07, 6.45) is 2.39. The quantitative estimate of drug-likeness (QED) is 0.880. The van der Waals surface area contributed by atoms with Gasteiger partial charge in [0.05, 0.1) is 31.5 Å². The minimum Gasteiger partial charge on any atom is -0.496 e. The predicted molar refractivity (Wildman–Crippen MR) is 68.4 cm³/mol. The lowest BCUT2D eigenvalue weighted by molar-refractivity contribution is 0.0204. The second-order valence-corrected chi connectivity index (χ2v) is 4.40. The lowest BCUT2D eigenvalue weighted by atomic mass is 10.1. The summed E-state index contributed by atoms with van der Waals surface area (Å²) < 4.78 is 11.2. The summed E-state index contributed by atoms with van der Waals surface area (Å²) >= 11 is 0. The number of nitriles is 1. The zero-order valence-electron chi connectivity index (χ0n) is 10.6. The molecule has 1 N–H and O–H groups in total. The van der Waals surface area contributed by atoms with Gasteiger partial charge in [0.15, 0.2) is 0 Å². The maximum absolute atomic E-state index is 8.90. The molecule has 18 heavy (non-hydrogen) atoms. The van der Waals surface area contributed by atoms with E-state index in [-0.39, 0.29) is 0 Å². The van der Waals surface area contributed by atoms with Gasteiger partial charge in [0, 0.05) is 5.56 Å². The first-order valence-electron chi connectivity index (χ1n) is 6.23. The number of benzene rings is 1. The molecule has 0 bridgehead atoms. The van der Waals surface area contributed by atoms with Crippen LogP contribution in [0.15, 0.2) is 18.2 Å². The molecular formula is C14H18N2O2. The molecule has 0 radical (unpaired) electrons. The smallest absolute Gasteiger partial charge is 0.124 e. The molecule has 0 spiro atoms. The van der Waals surface area contributed by atoms with Crippen LogP contribution in [0.4, 0.5) is 0 Å². The van der Waals surface area contributed by atoms with Crippen molar-refractivity contribution in [2.24, 2.45) is 0 Å². The SMILES string of the molecule is COc1ccc(C#N)cc1COC1CCNCC1. The van der Waals surface area contributed by atoms with E-state index in [2.05, 4.69) is 11.4 Å². The fraction of sp³-hybridized carbons (Fsp3) is 0.500. The molecule has 0 unspecified atom stereocenters. The number of hydrogen-bond acceptors (Lipinski definition) is 4. The Hall–Kier alpha value is -1.57. The Kier molecular flexibility index (Phi) is 4.57. The van der Waals surface area contributed by atoms with Crippen molar-refractivity contribution in [2.75, 3.05) is 20.2 Å². The monoisotopic (exact) mass is 246 g/mol. The van der Waals surface area contributed by atoms with Gasteiger partial charge in [0.25, 0.3) is 0 Å². The van der Waals surface area contributed by atoms with Crippen molar-refractivity contribution in [3.05, 3.63) is 29.3 Å². The highest BCUT2D eigenvalue weighted by atomic mass is 16.5. The van der Waals surface area contributed by atoms with E-state index < -0.39 is 0 Å². The fourth-order valence-electron chi connectivity index (χ4n) is 2.13. The number of hydrogen-bond donors (Lipinski definition) is 1. The third kappa shape index (κ3) is 3.22. The third-order valence-corrected chi connectivity index (χ3v) is 3.17. The van der Waals surface area contributed by atoms with Crippen molar-refractivity contribution in [1.82, 2.24) is 5.32 Å². The summed E-state index contributed by atoms with van der Waals surface area (Å²) in [7, 11) is 1.63. The highest BCUT2D eigenvalue weighted by molar-refractivity contribution is 5.41. The highest BCUT2D eigenvalue weighted by Gasteiger charge is 2.14. The molecule has 1 saturated heterocycles. The minimum absolute atomic E-state index is 0.307. The van der Waals surface area contributed by atoms with E-state index in [9.17, 15) is 0 Å². The minimum atomic E-state index is 0.307. The number of piperidine rings is 1. The Morgan fingerprint density at radius 2 is 2.17 bits per heavy atom. The molecule has 0 aliphatic carbocycles. The molecule has 0 aromatic heterocycles. The second-order valence-electron chi connectivity index (χ2n) is 4.40. The standard InChI is InChI=1S/C14H18N2O2/c1-17-14-3-2-11(9-15)8-12(14)10-18-13-4-6-16-7-5-13/h2-3,8,13,16H,4-7,10H2,1H3. The maximum atomic E-state index is 8.90. The van der Waals surface area contributed by atoms with Crippen LogP contribution in [-0.2, 0) is 11.3 Å². The average molecular weight is 246 g/mol. The molecule has 0 saturated carbocycles. The van der Waals surface area contributed by atoms with Gasteiger partial charge < -0.3 is 14.8 Å². The molecule has 4 nitrogen and oxygen atoms in total. The van der Waals surface area contributed by atoms with E-state index in [1.807, 2.05) is 12.1 Å². The number of nitrogens with one attached hydrogen (secondary N) is 1. The van der Waals surface area contributed by atoms with Crippen LogP contribution in [0.5, 0.6) is 5.75 Å². The Bertz CT molecular complexity index is 434. The molecule has 1 aromatic carbocycles. The Morgan fingerprint density at radius 3 is 2.83 bits per heavy atom. The molecule has 1 heterocycles. The average Bonchev–Trinajstić information content (AvgIpc) is 2.45. The first kappa shape index (κ1) is 12.9. The zero-order valence-corrected chi connectivity index (χ0v) is 10.6. The Morgan fingerprint density at radius 1 is 1.39 bits per heavy atom. The van der Waals surface area contributed by atoms with Crippen LogP contribution in [0.1, 0.15) is 24.0 Å². The summed E-state index contributed by atoms with van der Waals surface area (Å²) in [5.41, 5.74) is 1.58. The van der Waals surface area contributed by atoms with Crippen LogP contribution in [0.3, 0.4) is 0 Å². The van der Waals surface area contributed by atoms with Gasteiger partial charge in [0.1, 0.15) is 5.75 Å². The van der Waals surface area contributed by atoms with Crippen LogP contribution >= 0.6 is 0 Å². The first-order chi connectivity index (χ1) is 8.83. The van der Waals surface area contributed by atoms with Crippen molar-refractivity contribution in [2.45, 2.75) is 25.6 Å². The number of rotatable bonds is 4. The van der Waals surface area contributed by atoms with Gasteiger partial charge in [-0.05, 0) is 44.1 Å². The van der Waals surface area contributed by atoms with Crippen LogP contribution < -0.4 is 10.1 Å². The lowest BCUT2D eigenvalue weighted by Crippen LogP contribution is -2.32. The molecule has 2 rings (SSSR count). The molecule has 96 valence electrons. The molecule has 0 atom stereocenters. The predicted octanol–water partition coefficient (Wildman–Crippen LogP) is 1.84. The fourth-order valence-corrected chi connectivity index (χ4v) is 2.13. The Labute approximate surface area is 108 Å². The van der Waals surface area contributed by atoms with Crippen LogP contribution in [-0.4, -0.2) is 26.3 Å². The van der Waals surface area contributed by atoms with Crippen molar-refractivity contribution >= 4 is 0 Å². The molecule has 4 heteroatoms. The topological polar surface area (TPSA) is 54.3 Å². The van der Waals surface area contributed by atoms with E-state index >= 15 is 0 Å². The van der Waals surface area contributed by atoms with Gasteiger partial charge in [0.2, 0.25) is 0 Å². The van der Waals surface area contributed by atoms with Gasteiger partial charge in [-0.2, -0.15) is 5.26 Å².